The molecule has 30 heavy (non-hydrogen) atoms. The van der Waals surface area contributed by atoms with Crippen LogP contribution in [0, 0.1) is 17.7 Å². The molecule has 3 aliphatic rings. The number of anilines is 2. The third-order valence-corrected chi connectivity index (χ3v) is 6.20. The van der Waals surface area contributed by atoms with E-state index < -0.39 is 23.7 Å². The Balaban J connectivity index is 1.44. The van der Waals surface area contributed by atoms with E-state index in [9.17, 15) is 18.8 Å². The van der Waals surface area contributed by atoms with Crippen molar-refractivity contribution in [2.75, 3.05) is 30.0 Å². The number of rotatable bonds is 8. The Hall–Kier alpha value is -2.52. The third kappa shape index (κ3) is 4.46. The lowest BCUT2D eigenvalue weighted by atomic mass is 9.77. The van der Waals surface area contributed by atoms with Gasteiger partial charge in [0.15, 0.2) is 6.04 Å². The number of hydrogen-bond acceptors (Lipinski definition) is 5. The first kappa shape index (κ1) is 20.7. The van der Waals surface area contributed by atoms with Crippen molar-refractivity contribution in [1.29, 1.82) is 0 Å². The quantitative estimate of drug-likeness (QED) is 0.548. The summed E-state index contributed by atoms with van der Waals surface area (Å²) in [5.41, 5.74) is 5.81. The second-order valence-electron chi connectivity index (χ2n) is 8.31. The zero-order chi connectivity index (χ0) is 21.3. The number of primary amides is 1. The molecule has 3 fully saturated rings. The van der Waals surface area contributed by atoms with Gasteiger partial charge in [0.05, 0.1) is 12.3 Å². The van der Waals surface area contributed by atoms with E-state index in [-0.39, 0.29) is 24.2 Å². The number of nitrogens with one attached hydrogen (secondary N) is 2. The van der Waals surface area contributed by atoms with Crippen molar-refractivity contribution in [3.63, 3.8) is 0 Å². The predicted octanol–water partition coefficient (Wildman–Crippen LogP) is 1.15. The van der Waals surface area contributed by atoms with Crippen LogP contribution in [0.15, 0.2) is 18.2 Å². The maximum Gasteiger partial charge on any atom is 0.253 e. The van der Waals surface area contributed by atoms with Gasteiger partial charge in [-0.2, -0.15) is 0 Å². The van der Waals surface area contributed by atoms with Crippen LogP contribution in [0.2, 0.25) is 0 Å². The molecule has 2 atom stereocenters. The molecule has 1 saturated heterocycles. The van der Waals surface area contributed by atoms with Gasteiger partial charge in [0, 0.05) is 18.3 Å². The van der Waals surface area contributed by atoms with E-state index in [2.05, 4.69) is 10.6 Å². The molecule has 1 unspecified atom stereocenters. The first-order chi connectivity index (χ1) is 14.4. The SMILES string of the molecule is NC(=O)[C@H](NC(C1CCC1)C1CC1)C(=O)Nc1ccc(N2CCOCC2=O)cc1F. The molecule has 162 valence electrons. The first-order valence-electron chi connectivity index (χ1n) is 10.5. The van der Waals surface area contributed by atoms with Gasteiger partial charge in [-0.05, 0) is 55.7 Å². The molecule has 0 radical (unpaired) electrons. The minimum atomic E-state index is -1.23. The Morgan fingerprint density at radius 1 is 1.20 bits per heavy atom. The molecule has 0 bridgehead atoms. The van der Waals surface area contributed by atoms with E-state index in [1.165, 1.54) is 17.0 Å². The molecule has 0 aromatic heterocycles. The van der Waals surface area contributed by atoms with Gasteiger partial charge in [0.2, 0.25) is 5.91 Å². The minimum absolute atomic E-state index is 0.0464. The van der Waals surface area contributed by atoms with Crippen LogP contribution in [0.3, 0.4) is 0 Å². The van der Waals surface area contributed by atoms with Crippen molar-refractivity contribution in [3.8, 4) is 0 Å². The number of halogens is 1. The number of carbonyl (C=O) groups is 3. The standard InChI is InChI=1S/C21H27FN4O4/c22-15-10-14(26-8-9-30-11-17(26)27)6-7-16(15)24-21(29)19(20(23)28)25-18(13-4-5-13)12-2-1-3-12/h6-7,10,12-13,18-19,25H,1-5,8-9,11H2,(H2,23,28)(H,24,29)/t18?,19-/m0/s1. The summed E-state index contributed by atoms with van der Waals surface area (Å²) in [7, 11) is 0. The summed E-state index contributed by atoms with van der Waals surface area (Å²) in [6.07, 6.45) is 5.48. The zero-order valence-electron chi connectivity index (χ0n) is 16.7. The monoisotopic (exact) mass is 418 g/mol. The van der Waals surface area contributed by atoms with E-state index in [0.29, 0.717) is 30.7 Å². The number of amides is 3. The van der Waals surface area contributed by atoms with Crippen molar-refractivity contribution in [1.82, 2.24) is 5.32 Å². The van der Waals surface area contributed by atoms with E-state index in [1.807, 2.05) is 0 Å². The third-order valence-electron chi connectivity index (χ3n) is 6.20. The number of hydrogen-bond donors (Lipinski definition) is 3. The van der Waals surface area contributed by atoms with Crippen LogP contribution in [0.1, 0.15) is 32.1 Å². The number of carbonyl (C=O) groups excluding carboxylic acids is 3. The minimum Gasteiger partial charge on any atom is -0.370 e. The highest BCUT2D eigenvalue weighted by Crippen LogP contribution is 2.42. The van der Waals surface area contributed by atoms with Gasteiger partial charge in [0.25, 0.3) is 11.8 Å². The normalized spacial score (nSPS) is 21.6. The molecule has 1 aliphatic heterocycles. The Morgan fingerprint density at radius 2 is 1.93 bits per heavy atom. The largest absolute Gasteiger partial charge is 0.370 e. The topological polar surface area (TPSA) is 114 Å². The van der Waals surface area contributed by atoms with Crippen molar-refractivity contribution in [2.24, 2.45) is 17.6 Å². The highest BCUT2D eigenvalue weighted by Gasteiger charge is 2.41. The van der Waals surface area contributed by atoms with Crippen LogP contribution < -0.4 is 21.3 Å². The highest BCUT2D eigenvalue weighted by molar-refractivity contribution is 6.09. The van der Waals surface area contributed by atoms with E-state index in [4.69, 9.17) is 10.5 Å². The van der Waals surface area contributed by atoms with E-state index in [0.717, 1.165) is 32.1 Å². The van der Waals surface area contributed by atoms with Gasteiger partial charge in [-0.25, -0.2) is 4.39 Å². The van der Waals surface area contributed by atoms with Crippen molar-refractivity contribution in [2.45, 2.75) is 44.2 Å². The van der Waals surface area contributed by atoms with E-state index >= 15 is 0 Å². The van der Waals surface area contributed by atoms with Crippen LogP contribution in [0.25, 0.3) is 0 Å². The smallest absolute Gasteiger partial charge is 0.253 e. The first-order valence-corrected chi connectivity index (χ1v) is 10.5. The van der Waals surface area contributed by atoms with Crippen LogP contribution in [0.4, 0.5) is 15.8 Å². The molecule has 3 amide bonds. The van der Waals surface area contributed by atoms with Crippen LogP contribution in [-0.4, -0.2) is 49.6 Å². The molecule has 1 heterocycles. The lowest BCUT2D eigenvalue weighted by Gasteiger charge is -2.36. The second kappa shape index (κ2) is 8.69. The van der Waals surface area contributed by atoms with Gasteiger partial charge < -0.3 is 20.7 Å². The lowest BCUT2D eigenvalue weighted by molar-refractivity contribution is -0.128. The molecule has 9 heteroatoms. The molecule has 2 saturated carbocycles. The maximum absolute atomic E-state index is 14.6. The van der Waals surface area contributed by atoms with Crippen LogP contribution >= 0.6 is 0 Å². The number of benzene rings is 1. The summed E-state index contributed by atoms with van der Waals surface area (Å²) < 4.78 is 19.7. The van der Waals surface area contributed by atoms with Gasteiger partial charge in [-0.1, -0.05) is 6.42 Å². The Kier molecular flexibility index (Phi) is 6.01. The Labute approximate surface area is 174 Å². The van der Waals surface area contributed by atoms with Crippen molar-refractivity contribution >= 4 is 29.1 Å². The zero-order valence-corrected chi connectivity index (χ0v) is 16.7. The lowest BCUT2D eigenvalue weighted by Crippen LogP contribution is -2.56. The molecule has 1 aromatic carbocycles. The average molecular weight is 418 g/mol. The van der Waals surface area contributed by atoms with Gasteiger partial charge in [0.1, 0.15) is 12.4 Å². The summed E-state index contributed by atoms with van der Waals surface area (Å²) in [5.74, 6) is -1.49. The molecular weight excluding hydrogens is 391 g/mol. The number of nitrogens with two attached hydrogens (primary N) is 1. The fourth-order valence-electron chi connectivity index (χ4n) is 4.16. The van der Waals surface area contributed by atoms with Crippen LogP contribution in [0.5, 0.6) is 0 Å². The van der Waals surface area contributed by atoms with Crippen molar-refractivity contribution < 1.29 is 23.5 Å². The summed E-state index contributed by atoms with van der Waals surface area (Å²) >= 11 is 0. The number of morpholine rings is 1. The number of ether oxygens (including phenoxy) is 1. The fourth-order valence-corrected chi connectivity index (χ4v) is 4.16. The summed E-state index contributed by atoms with van der Waals surface area (Å²) in [4.78, 5) is 38.1. The Morgan fingerprint density at radius 3 is 2.50 bits per heavy atom. The highest BCUT2D eigenvalue weighted by atomic mass is 19.1. The second-order valence-corrected chi connectivity index (χ2v) is 8.31. The Bertz CT molecular complexity index is 840. The van der Waals surface area contributed by atoms with Gasteiger partial charge in [-0.3, -0.25) is 19.7 Å². The molecular formula is C21H27FN4O4. The maximum atomic E-state index is 14.6. The predicted molar refractivity (Wildman–Crippen MR) is 108 cm³/mol. The summed E-state index contributed by atoms with van der Waals surface area (Å²) in [6, 6.07) is 2.98. The average Bonchev–Trinajstić information content (AvgIpc) is 3.50. The number of nitrogens with zero attached hydrogens (tertiary/aromatic N) is 1. The fraction of sp³-hybridized carbons (Fsp3) is 0.571. The molecule has 2 aliphatic carbocycles. The molecule has 1 aromatic rings. The van der Waals surface area contributed by atoms with Crippen LogP contribution in [-0.2, 0) is 19.1 Å². The van der Waals surface area contributed by atoms with Gasteiger partial charge in [-0.15, -0.1) is 0 Å². The molecule has 4 N–H and O–H groups in total. The molecule has 4 rings (SSSR count). The van der Waals surface area contributed by atoms with E-state index in [1.54, 1.807) is 6.07 Å². The molecule has 0 spiro atoms. The van der Waals surface area contributed by atoms with Gasteiger partial charge >= 0.3 is 0 Å². The summed E-state index contributed by atoms with van der Waals surface area (Å²) in [5, 5.41) is 5.62. The summed E-state index contributed by atoms with van der Waals surface area (Å²) in [6.45, 7) is 0.664. The van der Waals surface area contributed by atoms with Crippen molar-refractivity contribution in [3.05, 3.63) is 24.0 Å². The molecule has 8 nitrogen and oxygen atoms in total.